The first kappa shape index (κ1) is 17.4. The highest BCUT2D eigenvalue weighted by atomic mass is 16.5. The molecule has 6 heteroatoms. The number of fused-ring (bicyclic) bond motifs is 2. The number of carbonyl (C=O) groups is 1. The first-order chi connectivity index (χ1) is 13.8. The van der Waals surface area contributed by atoms with Gasteiger partial charge >= 0.3 is 0 Å². The number of nitrogens with one attached hydrogen (secondary N) is 1. The van der Waals surface area contributed by atoms with Crippen molar-refractivity contribution in [3.8, 4) is 0 Å². The molecule has 2 fully saturated rings. The monoisotopic (exact) mass is 376 g/mol. The highest BCUT2D eigenvalue weighted by Gasteiger charge is 2.41. The van der Waals surface area contributed by atoms with E-state index in [2.05, 4.69) is 22.0 Å². The van der Waals surface area contributed by atoms with E-state index in [4.69, 9.17) is 9.72 Å². The summed E-state index contributed by atoms with van der Waals surface area (Å²) in [5.74, 6) is 1.14. The molecule has 144 valence electrons. The zero-order chi connectivity index (χ0) is 18.9. The number of rotatable bonds is 4. The third-order valence-corrected chi connectivity index (χ3v) is 5.69. The van der Waals surface area contributed by atoms with Gasteiger partial charge in [-0.25, -0.2) is 4.98 Å². The van der Waals surface area contributed by atoms with E-state index in [1.807, 2.05) is 47.4 Å². The molecule has 2 aliphatic heterocycles. The van der Waals surface area contributed by atoms with Crippen LogP contribution in [0.25, 0.3) is 11.0 Å². The van der Waals surface area contributed by atoms with Crippen LogP contribution in [0, 0.1) is 0 Å². The lowest BCUT2D eigenvalue weighted by Gasteiger charge is -2.29. The van der Waals surface area contributed by atoms with Crippen LogP contribution in [-0.2, 0) is 22.6 Å². The van der Waals surface area contributed by atoms with Gasteiger partial charge in [0.05, 0.1) is 42.8 Å². The minimum Gasteiger partial charge on any atom is -0.374 e. The number of hydrogen-bond donors (Lipinski definition) is 1. The molecule has 1 aromatic heterocycles. The van der Waals surface area contributed by atoms with Crippen LogP contribution in [0.15, 0.2) is 54.6 Å². The zero-order valence-corrected chi connectivity index (χ0v) is 15.8. The predicted molar refractivity (Wildman–Crippen MR) is 107 cm³/mol. The van der Waals surface area contributed by atoms with E-state index in [1.54, 1.807) is 0 Å². The minimum absolute atomic E-state index is 0.0551. The van der Waals surface area contributed by atoms with Crippen LogP contribution in [0.4, 0.5) is 0 Å². The second-order valence-corrected chi connectivity index (χ2v) is 7.63. The van der Waals surface area contributed by atoms with Crippen molar-refractivity contribution in [2.45, 2.75) is 31.7 Å². The van der Waals surface area contributed by atoms with Crippen LogP contribution in [0.2, 0.25) is 0 Å². The zero-order valence-electron chi connectivity index (χ0n) is 15.8. The Morgan fingerprint density at radius 3 is 2.71 bits per heavy atom. The van der Waals surface area contributed by atoms with Gasteiger partial charge in [0.1, 0.15) is 5.82 Å². The van der Waals surface area contributed by atoms with Crippen molar-refractivity contribution in [3.05, 3.63) is 66.0 Å². The molecule has 1 N–H and O–H groups in total. The van der Waals surface area contributed by atoms with Crippen LogP contribution < -0.4 is 0 Å². The van der Waals surface area contributed by atoms with Gasteiger partial charge < -0.3 is 14.6 Å². The first-order valence-corrected chi connectivity index (χ1v) is 9.87. The van der Waals surface area contributed by atoms with Crippen molar-refractivity contribution in [3.63, 3.8) is 0 Å². The Morgan fingerprint density at radius 2 is 1.86 bits per heavy atom. The molecule has 0 aliphatic carbocycles. The molecule has 2 aliphatic rings. The molecular weight excluding hydrogens is 352 g/mol. The Hall–Kier alpha value is -2.70. The van der Waals surface area contributed by atoms with Gasteiger partial charge in [-0.2, -0.15) is 0 Å². The van der Waals surface area contributed by atoms with Crippen LogP contribution in [0.1, 0.15) is 17.8 Å². The van der Waals surface area contributed by atoms with Crippen molar-refractivity contribution in [1.29, 1.82) is 0 Å². The Bertz CT molecular complexity index is 938. The molecule has 3 heterocycles. The van der Waals surface area contributed by atoms with Crippen molar-refractivity contribution in [2.24, 2.45) is 0 Å². The fraction of sp³-hybridized carbons (Fsp3) is 0.364. The van der Waals surface area contributed by atoms with Gasteiger partial charge in [-0.05, 0) is 17.7 Å². The largest absolute Gasteiger partial charge is 0.374 e. The van der Waals surface area contributed by atoms with Crippen molar-refractivity contribution in [2.75, 3.05) is 19.7 Å². The molecule has 0 saturated carbocycles. The van der Waals surface area contributed by atoms with Gasteiger partial charge in [-0.3, -0.25) is 9.69 Å². The van der Waals surface area contributed by atoms with Gasteiger partial charge in [0.2, 0.25) is 5.91 Å². The lowest BCUT2D eigenvalue weighted by molar-refractivity contribution is -0.133. The number of carbonyl (C=O) groups excluding carboxylic acids is 1. The number of aromatic amines is 1. The molecule has 0 bridgehead atoms. The fourth-order valence-corrected chi connectivity index (χ4v) is 4.33. The van der Waals surface area contributed by atoms with E-state index in [0.29, 0.717) is 19.6 Å². The number of hydrogen-bond acceptors (Lipinski definition) is 4. The molecule has 0 radical (unpaired) electrons. The maximum atomic E-state index is 12.8. The normalized spacial score (nSPS) is 23.1. The summed E-state index contributed by atoms with van der Waals surface area (Å²) < 4.78 is 6.06. The van der Waals surface area contributed by atoms with Crippen LogP contribution >= 0.6 is 0 Å². The SMILES string of the molecule is O=C1CCO[C@H]2CN(Cc3nc4ccccc4[nH]3)C[C@@H]2N1Cc1ccccc1. The second-order valence-electron chi connectivity index (χ2n) is 7.63. The highest BCUT2D eigenvalue weighted by Crippen LogP contribution is 2.26. The maximum absolute atomic E-state index is 12.8. The fourth-order valence-electron chi connectivity index (χ4n) is 4.33. The number of para-hydroxylation sites is 2. The molecule has 2 aromatic carbocycles. The van der Waals surface area contributed by atoms with E-state index < -0.39 is 0 Å². The summed E-state index contributed by atoms with van der Waals surface area (Å²) in [6, 6.07) is 18.4. The summed E-state index contributed by atoms with van der Waals surface area (Å²) in [6.07, 6.45) is 0.517. The first-order valence-electron chi connectivity index (χ1n) is 9.87. The van der Waals surface area contributed by atoms with E-state index in [-0.39, 0.29) is 18.1 Å². The average Bonchev–Trinajstić information content (AvgIpc) is 3.26. The quantitative estimate of drug-likeness (QED) is 0.760. The number of amides is 1. The number of H-pyrrole nitrogens is 1. The smallest absolute Gasteiger partial charge is 0.225 e. The van der Waals surface area contributed by atoms with E-state index >= 15 is 0 Å². The second kappa shape index (κ2) is 7.37. The summed E-state index contributed by atoms with van der Waals surface area (Å²) in [5, 5.41) is 0. The van der Waals surface area contributed by atoms with Crippen molar-refractivity contribution < 1.29 is 9.53 Å². The highest BCUT2D eigenvalue weighted by molar-refractivity contribution is 5.77. The van der Waals surface area contributed by atoms with Crippen LogP contribution in [-0.4, -0.2) is 57.5 Å². The van der Waals surface area contributed by atoms with E-state index in [1.165, 1.54) is 0 Å². The molecular formula is C22H24N4O2. The number of nitrogens with zero attached hydrogens (tertiary/aromatic N) is 3. The number of aromatic nitrogens is 2. The molecule has 2 atom stereocenters. The Labute approximate surface area is 164 Å². The van der Waals surface area contributed by atoms with E-state index in [9.17, 15) is 4.79 Å². The predicted octanol–water partition coefficient (Wildman–Crippen LogP) is 2.56. The maximum Gasteiger partial charge on any atom is 0.225 e. The molecule has 0 spiro atoms. The molecule has 5 rings (SSSR count). The summed E-state index contributed by atoms with van der Waals surface area (Å²) in [7, 11) is 0. The molecule has 1 amide bonds. The molecule has 3 aromatic rings. The lowest BCUT2D eigenvalue weighted by Crippen LogP contribution is -2.45. The van der Waals surface area contributed by atoms with Gasteiger partial charge in [0.25, 0.3) is 0 Å². The molecule has 28 heavy (non-hydrogen) atoms. The minimum atomic E-state index is 0.0551. The average molecular weight is 376 g/mol. The third kappa shape index (κ3) is 3.41. The van der Waals surface area contributed by atoms with Gasteiger partial charge in [-0.1, -0.05) is 42.5 Å². The molecule has 6 nitrogen and oxygen atoms in total. The Morgan fingerprint density at radius 1 is 1.04 bits per heavy atom. The summed E-state index contributed by atoms with van der Waals surface area (Å²) in [6.45, 7) is 3.51. The number of benzene rings is 2. The third-order valence-electron chi connectivity index (χ3n) is 5.69. The van der Waals surface area contributed by atoms with Crippen molar-refractivity contribution in [1.82, 2.24) is 19.8 Å². The molecule has 2 saturated heterocycles. The van der Waals surface area contributed by atoms with Gasteiger partial charge in [0, 0.05) is 19.6 Å². The van der Waals surface area contributed by atoms with Gasteiger partial charge in [-0.15, -0.1) is 0 Å². The standard InChI is InChI=1S/C22H24N4O2/c27-22-10-11-28-20-14-25(15-21-23-17-8-4-5-9-18(17)24-21)13-19(20)26(22)12-16-6-2-1-3-7-16/h1-9,19-20H,10-15H2,(H,23,24)/t19-,20-/m0/s1. The summed E-state index contributed by atoms with van der Waals surface area (Å²) in [5.41, 5.74) is 3.21. The van der Waals surface area contributed by atoms with Crippen molar-refractivity contribution >= 4 is 16.9 Å². The van der Waals surface area contributed by atoms with Crippen LogP contribution in [0.3, 0.4) is 0 Å². The summed E-state index contributed by atoms with van der Waals surface area (Å²) >= 11 is 0. The molecule has 0 unspecified atom stereocenters. The number of likely N-dealkylation sites (tertiary alicyclic amines) is 1. The Balaban J connectivity index is 1.33. The van der Waals surface area contributed by atoms with Gasteiger partial charge in [0.15, 0.2) is 0 Å². The topological polar surface area (TPSA) is 61.5 Å². The number of ether oxygens (including phenoxy) is 1. The number of imidazole rings is 1. The van der Waals surface area contributed by atoms with E-state index in [0.717, 1.165) is 42.1 Å². The Kier molecular flexibility index (Phi) is 4.58. The summed E-state index contributed by atoms with van der Waals surface area (Å²) in [4.78, 5) is 25.2. The van der Waals surface area contributed by atoms with Crippen LogP contribution in [0.5, 0.6) is 0 Å². The lowest BCUT2D eigenvalue weighted by atomic mass is 10.1.